The van der Waals surface area contributed by atoms with E-state index in [1.54, 1.807) is 6.07 Å². The fourth-order valence-corrected chi connectivity index (χ4v) is 2.41. The maximum absolute atomic E-state index is 9.97. The number of hydrogen-bond donors (Lipinski definition) is 2. The van der Waals surface area contributed by atoms with Crippen molar-refractivity contribution in [2.45, 2.75) is 25.9 Å². The SMILES string of the molecule is CC(C)c1c2c(cc(Cl)c1C(O)CN)OCO2. The van der Waals surface area contributed by atoms with Crippen LogP contribution in [0, 0.1) is 0 Å². The molecule has 1 unspecified atom stereocenters. The first-order valence-electron chi connectivity index (χ1n) is 5.56. The first kappa shape index (κ1) is 12.5. The lowest BCUT2D eigenvalue weighted by Crippen LogP contribution is -2.15. The largest absolute Gasteiger partial charge is 0.454 e. The summed E-state index contributed by atoms with van der Waals surface area (Å²) in [5, 5.41) is 10.4. The van der Waals surface area contributed by atoms with E-state index in [1.165, 1.54) is 0 Å². The maximum Gasteiger partial charge on any atom is 0.231 e. The van der Waals surface area contributed by atoms with Crippen molar-refractivity contribution >= 4 is 11.6 Å². The van der Waals surface area contributed by atoms with Crippen LogP contribution in [-0.4, -0.2) is 18.4 Å². The molecule has 1 aromatic carbocycles. The lowest BCUT2D eigenvalue weighted by atomic mass is 9.92. The summed E-state index contributed by atoms with van der Waals surface area (Å²) in [4.78, 5) is 0. The van der Waals surface area contributed by atoms with Crippen LogP contribution < -0.4 is 15.2 Å². The number of aliphatic hydroxyl groups is 1. The summed E-state index contributed by atoms with van der Waals surface area (Å²) in [6.07, 6.45) is -0.783. The van der Waals surface area contributed by atoms with Crippen LogP contribution in [0.25, 0.3) is 0 Å². The minimum absolute atomic E-state index is 0.124. The minimum atomic E-state index is -0.783. The van der Waals surface area contributed by atoms with Gasteiger partial charge in [-0.1, -0.05) is 25.4 Å². The van der Waals surface area contributed by atoms with Gasteiger partial charge in [-0.25, -0.2) is 0 Å². The van der Waals surface area contributed by atoms with Crippen molar-refractivity contribution in [3.8, 4) is 11.5 Å². The molecule has 0 radical (unpaired) electrons. The van der Waals surface area contributed by atoms with Crippen molar-refractivity contribution in [2.75, 3.05) is 13.3 Å². The molecular weight excluding hydrogens is 242 g/mol. The van der Waals surface area contributed by atoms with E-state index in [0.29, 0.717) is 22.1 Å². The van der Waals surface area contributed by atoms with E-state index in [4.69, 9.17) is 26.8 Å². The third-order valence-electron chi connectivity index (χ3n) is 2.83. The van der Waals surface area contributed by atoms with Gasteiger partial charge in [0, 0.05) is 23.7 Å². The summed E-state index contributed by atoms with van der Waals surface area (Å²) in [7, 11) is 0. The molecule has 1 aromatic rings. The zero-order valence-electron chi connectivity index (χ0n) is 9.87. The highest BCUT2D eigenvalue weighted by atomic mass is 35.5. The molecule has 0 aliphatic carbocycles. The zero-order valence-corrected chi connectivity index (χ0v) is 10.6. The van der Waals surface area contributed by atoms with Crippen molar-refractivity contribution in [3.05, 3.63) is 22.2 Å². The Kier molecular flexibility index (Phi) is 3.47. The van der Waals surface area contributed by atoms with Crippen LogP contribution in [0.1, 0.15) is 37.0 Å². The van der Waals surface area contributed by atoms with Gasteiger partial charge in [-0.2, -0.15) is 0 Å². The number of fused-ring (bicyclic) bond motifs is 1. The first-order chi connectivity index (χ1) is 8.06. The number of hydrogen-bond acceptors (Lipinski definition) is 4. The second-order valence-electron chi connectivity index (χ2n) is 4.33. The third kappa shape index (κ3) is 2.08. The summed E-state index contributed by atoms with van der Waals surface area (Å²) in [6.45, 7) is 4.34. The van der Waals surface area contributed by atoms with Gasteiger partial charge in [-0.05, 0) is 5.92 Å². The Morgan fingerprint density at radius 3 is 2.71 bits per heavy atom. The molecule has 5 heteroatoms. The Morgan fingerprint density at radius 2 is 2.12 bits per heavy atom. The molecule has 0 spiro atoms. The molecule has 0 amide bonds. The summed E-state index contributed by atoms with van der Waals surface area (Å²) in [5.74, 6) is 1.47. The van der Waals surface area contributed by atoms with Crippen LogP contribution in [-0.2, 0) is 0 Å². The Balaban J connectivity index is 2.64. The minimum Gasteiger partial charge on any atom is -0.454 e. The number of aliphatic hydroxyl groups excluding tert-OH is 1. The van der Waals surface area contributed by atoms with Crippen LogP contribution in [0.3, 0.4) is 0 Å². The number of rotatable bonds is 3. The van der Waals surface area contributed by atoms with Crippen LogP contribution in [0.5, 0.6) is 11.5 Å². The molecule has 2 rings (SSSR count). The van der Waals surface area contributed by atoms with Gasteiger partial charge in [-0.15, -0.1) is 0 Å². The second-order valence-corrected chi connectivity index (χ2v) is 4.73. The van der Waals surface area contributed by atoms with Gasteiger partial charge in [0.1, 0.15) is 0 Å². The van der Waals surface area contributed by atoms with Crippen LogP contribution in [0.2, 0.25) is 5.02 Å². The van der Waals surface area contributed by atoms with E-state index in [-0.39, 0.29) is 19.3 Å². The van der Waals surface area contributed by atoms with Gasteiger partial charge in [0.2, 0.25) is 6.79 Å². The highest BCUT2D eigenvalue weighted by Gasteiger charge is 2.28. The molecule has 1 atom stereocenters. The van der Waals surface area contributed by atoms with Crippen molar-refractivity contribution < 1.29 is 14.6 Å². The molecule has 4 nitrogen and oxygen atoms in total. The van der Waals surface area contributed by atoms with Crippen molar-refractivity contribution in [2.24, 2.45) is 5.73 Å². The summed E-state index contributed by atoms with van der Waals surface area (Å²) < 4.78 is 10.8. The highest BCUT2D eigenvalue weighted by molar-refractivity contribution is 6.31. The van der Waals surface area contributed by atoms with Gasteiger partial charge < -0.3 is 20.3 Å². The molecule has 1 aliphatic rings. The second kappa shape index (κ2) is 4.72. The summed E-state index contributed by atoms with van der Waals surface area (Å²) >= 11 is 6.18. The quantitative estimate of drug-likeness (QED) is 0.871. The Labute approximate surface area is 105 Å². The topological polar surface area (TPSA) is 64.7 Å². The molecule has 0 bridgehead atoms. The summed E-state index contributed by atoms with van der Waals surface area (Å²) in [5.41, 5.74) is 7.03. The van der Waals surface area contributed by atoms with E-state index >= 15 is 0 Å². The lowest BCUT2D eigenvalue weighted by molar-refractivity contribution is 0.171. The van der Waals surface area contributed by atoms with E-state index in [0.717, 1.165) is 5.56 Å². The molecule has 0 aromatic heterocycles. The predicted molar refractivity (Wildman–Crippen MR) is 65.7 cm³/mol. The van der Waals surface area contributed by atoms with Crippen LogP contribution in [0.4, 0.5) is 0 Å². The number of halogens is 1. The zero-order chi connectivity index (χ0) is 12.6. The number of benzene rings is 1. The Bertz CT molecular complexity index is 434. The first-order valence-corrected chi connectivity index (χ1v) is 5.94. The maximum atomic E-state index is 9.97. The van der Waals surface area contributed by atoms with Crippen molar-refractivity contribution in [3.63, 3.8) is 0 Å². The number of ether oxygens (including phenoxy) is 2. The average molecular weight is 258 g/mol. The van der Waals surface area contributed by atoms with Crippen molar-refractivity contribution in [1.29, 1.82) is 0 Å². The van der Waals surface area contributed by atoms with E-state index in [9.17, 15) is 5.11 Å². The van der Waals surface area contributed by atoms with E-state index in [2.05, 4.69) is 0 Å². The molecule has 17 heavy (non-hydrogen) atoms. The van der Waals surface area contributed by atoms with E-state index in [1.807, 2.05) is 13.8 Å². The standard InChI is InChI=1S/C12H16ClNO3/c1-6(2)10-11(8(15)4-14)7(13)3-9-12(10)17-5-16-9/h3,6,8,15H,4-5,14H2,1-2H3. The van der Waals surface area contributed by atoms with Gasteiger partial charge in [0.25, 0.3) is 0 Å². The van der Waals surface area contributed by atoms with E-state index < -0.39 is 6.10 Å². The van der Waals surface area contributed by atoms with Gasteiger partial charge in [-0.3, -0.25) is 0 Å². The molecule has 1 heterocycles. The molecule has 0 saturated carbocycles. The van der Waals surface area contributed by atoms with Gasteiger partial charge >= 0.3 is 0 Å². The molecule has 3 N–H and O–H groups in total. The van der Waals surface area contributed by atoms with Crippen molar-refractivity contribution in [1.82, 2.24) is 0 Å². The monoisotopic (exact) mass is 257 g/mol. The van der Waals surface area contributed by atoms with Crippen LogP contribution >= 0.6 is 11.6 Å². The highest BCUT2D eigenvalue weighted by Crippen LogP contribution is 2.46. The van der Waals surface area contributed by atoms with Gasteiger partial charge in [0.15, 0.2) is 11.5 Å². The Hall–Kier alpha value is -0.970. The summed E-state index contributed by atoms with van der Waals surface area (Å²) in [6, 6.07) is 1.67. The molecular formula is C12H16ClNO3. The fraction of sp³-hybridized carbons (Fsp3) is 0.500. The van der Waals surface area contributed by atoms with Gasteiger partial charge in [0.05, 0.1) is 11.1 Å². The molecule has 0 fully saturated rings. The average Bonchev–Trinajstić information content (AvgIpc) is 2.73. The third-order valence-corrected chi connectivity index (χ3v) is 3.14. The lowest BCUT2D eigenvalue weighted by Gasteiger charge is -2.20. The molecule has 1 aliphatic heterocycles. The Morgan fingerprint density at radius 1 is 1.41 bits per heavy atom. The number of nitrogens with two attached hydrogens (primary N) is 1. The molecule has 94 valence electrons. The smallest absolute Gasteiger partial charge is 0.231 e. The normalized spacial score (nSPS) is 15.4. The van der Waals surface area contributed by atoms with Crippen LogP contribution in [0.15, 0.2) is 6.07 Å². The predicted octanol–water partition coefficient (Wildman–Crippen LogP) is 2.18. The fourth-order valence-electron chi connectivity index (χ4n) is 2.08. The molecule has 0 saturated heterocycles.